The van der Waals surface area contributed by atoms with E-state index in [9.17, 15) is 4.79 Å². The Morgan fingerprint density at radius 1 is 1.09 bits per heavy atom. The van der Waals surface area contributed by atoms with Crippen LogP contribution in [-0.2, 0) is 26.5 Å². The number of hydrogen-bond donors (Lipinski definition) is 1. The molecule has 0 saturated carbocycles. The Bertz CT molecular complexity index is 378. The van der Waals surface area contributed by atoms with Gasteiger partial charge in [-0.1, -0.05) is 31.8 Å². The molecule has 3 aliphatic carbocycles. The standard InChI is InChI=1S/C13H17.C4H8O2.2CH3.Ti/c1-3-7-12-10(5-1)9-11-6-2-4-8-13(11)12;1-2-3-4(5)6;;;/h5H,1-4,6-9H2;2-3H2,1H3,(H,5,6);2*1H3;/q-1;;2*-1;+3. The first-order chi connectivity index (χ1) is 9.22. The first kappa shape index (κ1) is 23.8. The maximum absolute atomic E-state index is 9.60. The van der Waals surface area contributed by atoms with E-state index in [0.717, 1.165) is 6.42 Å². The SMILES string of the molecule is CCCC(=O)O.[CH-]1CCCC2=C1CC1=C2CCCC1.[CH3-].[CH3-].[Ti+3]. The second kappa shape index (κ2) is 12.0. The zero-order chi connectivity index (χ0) is 13.7. The van der Waals surface area contributed by atoms with Crippen molar-refractivity contribution in [1.29, 1.82) is 0 Å². The zero-order valence-electron chi connectivity index (χ0n) is 14.5. The Morgan fingerprint density at radius 3 is 2.32 bits per heavy atom. The van der Waals surface area contributed by atoms with Crippen LogP contribution >= 0.6 is 0 Å². The second-order valence-electron chi connectivity index (χ2n) is 5.71. The van der Waals surface area contributed by atoms with Crippen molar-refractivity contribution >= 4 is 5.97 Å². The fourth-order valence-electron chi connectivity index (χ4n) is 3.33. The van der Waals surface area contributed by atoms with Crippen molar-refractivity contribution in [2.45, 2.75) is 71.1 Å². The first-order valence-electron chi connectivity index (χ1n) is 7.70. The summed E-state index contributed by atoms with van der Waals surface area (Å²) >= 11 is 0. The molecule has 0 aromatic rings. The molecule has 123 valence electrons. The number of rotatable bonds is 2. The van der Waals surface area contributed by atoms with Crippen LogP contribution in [0.2, 0.25) is 0 Å². The predicted octanol–water partition coefficient (Wildman–Crippen LogP) is 5.71. The molecule has 22 heavy (non-hydrogen) atoms. The summed E-state index contributed by atoms with van der Waals surface area (Å²) in [4.78, 5) is 9.60. The Kier molecular flexibility index (Phi) is 13.0. The third kappa shape index (κ3) is 6.34. The molecule has 0 bridgehead atoms. The van der Waals surface area contributed by atoms with Gasteiger partial charge in [-0.25, -0.2) is 12.0 Å². The van der Waals surface area contributed by atoms with E-state index >= 15 is 0 Å². The fourth-order valence-corrected chi connectivity index (χ4v) is 3.33. The van der Waals surface area contributed by atoms with Crippen molar-refractivity contribution in [3.8, 4) is 0 Å². The topological polar surface area (TPSA) is 37.3 Å². The average Bonchev–Trinajstić information content (AvgIpc) is 2.78. The summed E-state index contributed by atoms with van der Waals surface area (Å²) in [7, 11) is 0. The van der Waals surface area contributed by atoms with Gasteiger partial charge in [-0.2, -0.15) is 5.57 Å². The van der Waals surface area contributed by atoms with Gasteiger partial charge in [0.15, 0.2) is 0 Å². The third-order valence-electron chi connectivity index (χ3n) is 4.22. The van der Waals surface area contributed by atoms with E-state index in [1.807, 2.05) is 6.92 Å². The van der Waals surface area contributed by atoms with E-state index in [1.54, 1.807) is 22.3 Å². The number of carboxylic acids is 1. The molecule has 3 rings (SSSR count). The van der Waals surface area contributed by atoms with Crippen molar-refractivity contribution < 1.29 is 31.6 Å². The fraction of sp³-hybridized carbons (Fsp3) is 0.579. The molecule has 0 aromatic heterocycles. The first-order valence-corrected chi connectivity index (χ1v) is 7.70. The number of allylic oxidation sites excluding steroid dienone is 4. The Labute approximate surface area is 152 Å². The van der Waals surface area contributed by atoms with Crippen molar-refractivity contribution in [2.75, 3.05) is 0 Å². The monoisotopic (exact) mass is 339 g/mol. The van der Waals surface area contributed by atoms with Crippen molar-refractivity contribution in [3.05, 3.63) is 43.6 Å². The minimum Gasteiger partial charge on any atom is -0.481 e. The summed E-state index contributed by atoms with van der Waals surface area (Å²) in [5.41, 5.74) is 7.06. The summed E-state index contributed by atoms with van der Waals surface area (Å²) in [5, 5.41) is 7.91. The van der Waals surface area contributed by atoms with Crippen LogP contribution in [0.3, 0.4) is 0 Å². The van der Waals surface area contributed by atoms with E-state index in [-0.39, 0.29) is 36.6 Å². The van der Waals surface area contributed by atoms with E-state index in [4.69, 9.17) is 5.11 Å². The number of carboxylic acid groups (broad SMARTS) is 1. The van der Waals surface area contributed by atoms with Gasteiger partial charge >= 0.3 is 27.7 Å². The van der Waals surface area contributed by atoms with Gasteiger partial charge in [-0.05, 0) is 32.1 Å². The van der Waals surface area contributed by atoms with Gasteiger partial charge in [0.05, 0.1) is 0 Å². The Balaban J connectivity index is 0. The molecular weight excluding hydrogens is 308 g/mol. The van der Waals surface area contributed by atoms with Crippen molar-refractivity contribution in [2.24, 2.45) is 0 Å². The van der Waals surface area contributed by atoms with Crippen LogP contribution < -0.4 is 0 Å². The molecule has 1 radical (unpaired) electrons. The van der Waals surface area contributed by atoms with Gasteiger partial charge in [-0.15, -0.1) is 12.0 Å². The minimum atomic E-state index is -0.711. The second-order valence-corrected chi connectivity index (χ2v) is 5.71. The van der Waals surface area contributed by atoms with Gasteiger partial charge in [0.1, 0.15) is 0 Å². The quantitative estimate of drug-likeness (QED) is 0.516. The number of carbonyl (C=O) groups is 1. The van der Waals surface area contributed by atoms with Gasteiger partial charge in [-0.3, -0.25) is 4.79 Å². The van der Waals surface area contributed by atoms with Gasteiger partial charge in [0.25, 0.3) is 0 Å². The molecule has 0 unspecified atom stereocenters. The minimum absolute atomic E-state index is 0. The Hall–Kier alpha value is -0.466. The average molecular weight is 339 g/mol. The van der Waals surface area contributed by atoms with Crippen molar-refractivity contribution in [1.82, 2.24) is 0 Å². The normalized spacial score (nSPS) is 18.2. The van der Waals surface area contributed by atoms with Gasteiger partial charge < -0.3 is 20.0 Å². The van der Waals surface area contributed by atoms with Crippen molar-refractivity contribution in [3.63, 3.8) is 0 Å². The summed E-state index contributed by atoms with van der Waals surface area (Å²) in [6, 6.07) is 0. The molecule has 0 heterocycles. The van der Waals surface area contributed by atoms with Crippen LogP contribution in [0.4, 0.5) is 0 Å². The maximum atomic E-state index is 9.60. The molecule has 1 N–H and O–H groups in total. The third-order valence-corrected chi connectivity index (χ3v) is 4.22. The molecule has 3 aliphatic rings. The summed E-state index contributed by atoms with van der Waals surface area (Å²) in [5.74, 6) is -0.711. The molecule has 0 atom stereocenters. The molecule has 3 heteroatoms. The van der Waals surface area contributed by atoms with E-state index < -0.39 is 5.97 Å². The molecule has 0 aromatic carbocycles. The number of hydrogen-bond acceptors (Lipinski definition) is 1. The van der Waals surface area contributed by atoms with Crippen LogP contribution in [0.15, 0.2) is 22.3 Å². The predicted molar refractivity (Wildman–Crippen MR) is 90.7 cm³/mol. The van der Waals surface area contributed by atoms with E-state index in [1.165, 1.54) is 51.4 Å². The Morgan fingerprint density at radius 2 is 1.73 bits per heavy atom. The molecule has 0 saturated heterocycles. The van der Waals surface area contributed by atoms with Gasteiger partial charge in [0, 0.05) is 6.42 Å². The van der Waals surface area contributed by atoms with E-state index in [0.29, 0.717) is 6.42 Å². The summed E-state index contributed by atoms with van der Waals surface area (Å²) < 4.78 is 0. The van der Waals surface area contributed by atoms with Crippen LogP contribution in [-0.4, -0.2) is 11.1 Å². The van der Waals surface area contributed by atoms with Crippen LogP contribution in [0.1, 0.15) is 71.1 Å². The van der Waals surface area contributed by atoms with E-state index in [2.05, 4.69) is 6.42 Å². The molecule has 0 fully saturated rings. The number of aliphatic carboxylic acids is 1. The van der Waals surface area contributed by atoms with Gasteiger partial charge in [0.2, 0.25) is 0 Å². The molecule has 2 nitrogen and oxygen atoms in total. The maximum Gasteiger partial charge on any atom is 3.00 e. The van der Waals surface area contributed by atoms with Crippen LogP contribution in [0.25, 0.3) is 0 Å². The number of fused-ring (bicyclic) bond motifs is 1. The molecule has 0 aliphatic heterocycles. The largest absolute Gasteiger partial charge is 3.00 e. The smallest absolute Gasteiger partial charge is 0.481 e. The zero-order valence-corrected chi connectivity index (χ0v) is 16.1. The molecule has 0 amide bonds. The summed E-state index contributed by atoms with van der Waals surface area (Å²) in [6.07, 6.45) is 14.6. The van der Waals surface area contributed by atoms with Crippen LogP contribution in [0, 0.1) is 21.3 Å². The van der Waals surface area contributed by atoms with Crippen LogP contribution in [0.5, 0.6) is 0 Å². The summed E-state index contributed by atoms with van der Waals surface area (Å²) in [6.45, 7) is 1.84. The molecular formula is C19H31O2Ti. The molecule has 0 spiro atoms.